The van der Waals surface area contributed by atoms with Crippen LogP contribution >= 0.6 is 0 Å². The van der Waals surface area contributed by atoms with E-state index in [-0.39, 0.29) is 36.1 Å². The van der Waals surface area contributed by atoms with Crippen molar-refractivity contribution in [3.05, 3.63) is 0 Å². The van der Waals surface area contributed by atoms with Crippen LogP contribution in [-0.2, 0) is 14.3 Å². The number of hydrogen-bond donors (Lipinski definition) is 2. The van der Waals surface area contributed by atoms with E-state index in [1.165, 1.54) is 0 Å². The van der Waals surface area contributed by atoms with Crippen molar-refractivity contribution >= 4 is 5.91 Å². The van der Waals surface area contributed by atoms with Gasteiger partial charge < -0.3 is 20.5 Å². The molecule has 0 spiro atoms. The second kappa shape index (κ2) is 4.79. The van der Waals surface area contributed by atoms with Gasteiger partial charge in [-0.15, -0.1) is 0 Å². The summed E-state index contributed by atoms with van der Waals surface area (Å²) in [4.78, 5) is 12.2. The van der Waals surface area contributed by atoms with Gasteiger partial charge in [-0.2, -0.15) is 0 Å². The van der Waals surface area contributed by atoms with Crippen molar-refractivity contribution in [2.24, 2.45) is 17.6 Å². The van der Waals surface area contributed by atoms with E-state index in [0.717, 1.165) is 25.9 Å². The third-order valence-corrected chi connectivity index (χ3v) is 4.70. The molecule has 3 rings (SSSR count). The van der Waals surface area contributed by atoms with Crippen LogP contribution in [0.3, 0.4) is 0 Å². The fraction of sp³-hybridized carbons (Fsp3) is 0.923. The van der Waals surface area contributed by atoms with Crippen molar-refractivity contribution in [3.8, 4) is 0 Å². The molecule has 0 radical (unpaired) electrons. The van der Waals surface area contributed by atoms with Crippen molar-refractivity contribution < 1.29 is 14.3 Å². The Morgan fingerprint density at radius 1 is 1.33 bits per heavy atom. The minimum absolute atomic E-state index is 0.00288. The van der Waals surface area contributed by atoms with Crippen molar-refractivity contribution in [3.63, 3.8) is 0 Å². The Hall–Kier alpha value is -0.650. The van der Waals surface area contributed by atoms with Gasteiger partial charge in [0.1, 0.15) is 0 Å². The van der Waals surface area contributed by atoms with Crippen molar-refractivity contribution in [1.82, 2.24) is 5.32 Å². The number of hydrogen-bond acceptors (Lipinski definition) is 4. The lowest BCUT2D eigenvalue weighted by Gasteiger charge is -2.46. The van der Waals surface area contributed by atoms with E-state index >= 15 is 0 Å². The standard InChI is InChI=1S/C13H22N2O3/c1-2-9-7(3-5-17-9)13(16)15-11-10(14)8-4-6-18-12(8)11/h7-12H,2-6,14H2,1H3,(H,15,16). The molecule has 6 unspecified atom stereocenters. The van der Waals surface area contributed by atoms with Gasteiger partial charge in [-0.05, 0) is 19.3 Å². The Kier molecular flexibility index (Phi) is 3.30. The molecule has 0 aromatic carbocycles. The minimum Gasteiger partial charge on any atom is -0.377 e. The Balaban J connectivity index is 1.58. The van der Waals surface area contributed by atoms with E-state index in [4.69, 9.17) is 15.2 Å². The van der Waals surface area contributed by atoms with Crippen LogP contribution in [0, 0.1) is 11.8 Å². The first-order valence-corrected chi connectivity index (χ1v) is 7.01. The van der Waals surface area contributed by atoms with Gasteiger partial charge in [0.25, 0.3) is 0 Å². The predicted octanol–water partition coefficient (Wildman–Crippen LogP) is 0.0323. The second-order valence-electron chi connectivity index (χ2n) is 5.61. The molecule has 0 aromatic heterocycles. The zero-order valence-corrected chi connectivity index (χ0v) is 10.8. The molecule has 18 heavy (non-hydrogen) atoms. The zero-order chi connectivity index (χ0) is 12.7. The van der Waals surface area contributed by atoms with Crippen LogP contribution in [0.5, 0.6) is 0 Å². The smallest absolute Gasteiger partial charge is 0.226 e. The van der Waals surface area contributed by atoms with Crippen molar-refractivity contribution in [2.75, 3.05) is 13.2 Å². The molecule has 5 nitrogen and oxygen atoms in total. The topological polar surface area (TPSA) is 73.6 Å². The van der Waals surface area contributed by atoms with Gasteiger partial charge in [0.2, 0.25) is 5.91 Å². The quantitative estimate of drug-likeness (QED) is 0.745. The first-order chi connectivity index (χ1) is 8.72. The third kappa shape index (κ3) is 1.85. The monoisotopic (exact) mass is 254 g/mol. The molecular formula is C13H22N2O3. The van der Waals surface area contributed by atoms with E-state index in [1.54, 1.807) is 0 Å². The molecule has 2 heterocycles. The summed E-state index contributed by atoms with van der Waals surface area (Å²) in [5.41, 5.74) is 6.10. The van der Waals surface area contributed by atoms with E-state index in [1.807, 2.05) is 0 Å². The lowest BCUT2D eigenvalue weighted by atomic mass is 9.72. The molecule has 1 amide bonds. The highest BCUT2D eigenvalue weighted by molar-refractivity contribution is 5.80. The van der Waals surface area contributed by atoms with E-state index < -0.39 is 0 Å². The first-order valence-electron chi connectivity index (χ1n) is 7.01. The van der Waals surface area contributed by atoms with Gasteiger partial charge in [0.05, 0.1) is 24.2 Å². The highest BCUT2D eigenvalue weighted by Crippen LogP contribution is 2.38. The van der Waals surface area contributed by atoms with Crippen molar-refractivity contribution in [2.45, 2.75) is 50.5 Å². The number of nitrogens with one attached hydrogen (secondary N) is 1. The molecule has 2 saturated heterocycles. The summed E-state index contributed by atoms with van der Waals surface area (Å²) in [7, 11) is 0. The number of carbonyl (C=O) groups excluding carboxylic acids is 1. The fourth-order valence-corrected chi connectivity index (χ4v) is 3.55. The third-order valence-electron chi connectivity index (χ3n) is 4.70. The van der Waals surface area contributed by atoms with Crippen LogP contribution in [0.4, 0.5) is 0 Å². The Labute approximate surface area is 107 Å². The zero-order valence-electron chi connectivity index (χ0n) is 10.8. The molecule has 3 aliphatic rings. The van der Waals surface area contributed by atoms with E-state index in [2.05, 4.69) is 12.2 Å². The lowest BCUT2D eigenvalue weighted by Crippen LogP contribution is -2.69. The van der Waals surface area contributed by atoms with Gasteiger partial charge in [-0.25, -0.2) is 0 Å². The number of nitrogens with two attached hydrogens (primary N) is 1. The fourth-order valence-electron chi connectivity index (χ4n) is 3.55. The summed E-state index contributed by atoms with van der Waals surface area (Å²) in [6.07, 6.45) is 2.95. The molecule has 102 valence electrons. The Morgan fingerprint density at radius 2 is 2.11 bits per heavy atom. The van der Waals surface area contributed by atoms with Crippen LogP contribution in [0.2, 0.25) is 0 Å². The number of ether oxygens (including phenoxy) is 2. The maximum atomic E-state index is 12.2. The number of fused-ring (bicyclic) bond motifs is 1. The highest BCUT2D eigenvalue weighted by Gasteiger charge is 2.53. The Morgan fingerprint density at radius 3 is 2.89 bits per heavy atom. The highest BCUT2D eigenvalue weighted by atomic mass is 16.5. The van der Waals surface area contributed by atoms with Gasteiger partial charge in [-0.3, -0.25) is 4.79 Å². The minimum atomic E-state index is -0.0114. The van der Waals surface area contributed by atoms with Crippen LogP contribution in [0.15, 0.2) is 0 Å². The van der Waals surface area contributed by atoms with Gasteiger partial charge >= 0.3 is 0 Å². The summed E-state index contributed by atoms with van der Waals surface area (Å²) in [6.45, 7) is 3.52. The molecule has 1 saturated carbocycles. The molecule has 5 heteroatoms. The summed E-state index contributed by atoms with van der Waals surface area (Å²) in [6, 6.07) is 0.0620. The predicted molar refractivity (Wildman–Crippen MR) is 65.9 cm³/mol. The van der Waals surface area contributed by atoms with Gasteiger partial charge in [0, 0.05) is 25.2 Å². The average Bonchev–Trinajstić information content (AvgIpc) is 3.01. The molecule has 6 atom stereocenters. The molecule has 2 aliphatic heterocycles. The normalized spacial score (nSPS) is 46.6. The van der Waals surface area contributed by atoms with Gasteiger partial charge in [0.15, 0.2) is 0 Å². The molecule has 3 fully saturated rings. The largest absolute Gasteiger partial charge is 0.377 e. The SMILES string of the molecule is CCC1OCCC1C(=O)NC1C(N)C2CCOC21. The summed E-state index contributed by atoms with van der Waals surface area (Å²) < 4.78 is 11.2. The van der Waals surface area contributed by atoms with Crippen LogP contribution in [0.1, 0.15) is 26.2 Å². The van der Waals surface area contributed by atoms with Crippen LogP contribution in [0.25, 0.3) is 0 Å². The number of rotatable bonds is 3. The molecular weight excluding hydrogens is 232 g/mol. The molecule has 0 bridgehead atoms. The number of carbonyl (C=O) groups is 1. The molecule has 3 N–H and O–H groups in total. The summed E-state index contributed by atoms with van der Waals surface area (Å²) in [5, 5.41) is 3.07. The van der Waals surface area contributed by atoms with E-state index in [0.29, 0.717) is 12.5 Å². The molecule has 0 aromatic rings. The average molecular weight is 254 g/mol. The van der Waals surface area contributed by atoms with E-state index in [9.17, 15) is 4.79 Å². The maximum absolute atomic E-state index is 12.2. The summed E-state index contributed by atoms with van der Waals surface area (Å²) in [5.74, 6) is 0.522. The molecule has 1 aliphatic carbocycles. The number of amides is 1. The van der Waals surface area contributed by atoms with Crippen molar-refractivity contribution in [1.29, 1.82) is 0 Å². The van der Waals surface area contributed by atoms with Crippen LogP contribution < -0.4 is 11.1 Å². The summed E-state index contributed by atoms with van der Waals surface area (Å²) >= 11 is 0. The second-order valence-corrected chi connectivity index (χ2v) is 5.61. The Bertz CT molecular complexity index is 336. The maximum Gasteiger partial charge on any atom is 0.226 e. The van der Waals surface area contributed by atoms with Gasteiger partial charge in [-0.1, -0.05) is 6.92 Å². The first kappa shape index (κ1) is 12.4. The van der Waals surface area contributed by atoms with Crippen LogP contribution in [-0.4, -0.2) is 43.4 Å². The lowest BCUT2D eigenvalue weighted by molar-refractivity contribution is -0.131.